The van der Waals surface area contributed by atoms with Crippen LogP contribution in [-0.2, 0) is 9.47 Å². The minimum Gasteiger partial charge on any atom is -0.350 e. The van der Waals surface area contributed by atoms with Gasteiger partial charge in [-0.2, -0.15) is 0 Å². The number of fused-ring (bicyclic) bond motifs is 1. The van der Waals surface area contributed by atoms with Crippen LogP contribution in [0.15, 0.2) is 17.3 Å². The highest BCUT2D eigenvalue weighted by molar-refractivity contribution is 7.99. The molecule has 7 heteroatoms. The van der Waals surface area contributed by atoms with E-state index in [1.807, 2.05) is 0 Å². The van der Waals surface area contributed by atoms with Crippen LogP contribution in [0.5, 0.6) is 0 Å². The summed E-state index contributed by atoms with van der Waals surface area (Å²) >= 11 is 1.47. The van der Waals surface area contributed by atoms with Crippen LogP contribution >= 0.6 is 11.8 Å². The molecule has 3 rings (SSSR count). The summed E-state index contributed by atoms with van der Waals surface area (Å²) in [5.74, 6) is -1.00. The van der Waals surface area contributed by atoms with E-state index in [2.05, 4.69) is 9.97 Å². The van der Waals surface area contributed by atoms with Gasteiger partial charge in [-0.25, -0.2) is 13.8 Å². The maximum Gasteiger partial charge on any atom is 0.166 e. The van der Waals surface area contributed by atoms with Crippen molar-refractivity contribution in [2.75, 3.05) is 19.0 Å². The molecule has 1 fully saturated rings. The molecule has 4 nitrogen and oxygen atoms in total. The topological polar surface area (TPSA) is 47.1 Å². The van der Waals surface area contributed by atoms with Gasteiger partial charge in [0.1, 0.15) is 0 Å². The lowest BCUT2D eigenvalue weighted by Gasteiger charge is -2.06. The number of hydrogen-bond donors (Lipinski definition) is 1. The first-order chi connectivity index (χ1) is 9.22. The number of H-pyrrole nitrogens is 1. The lowest BCUT2D eigenvalue weighted by Crippen LogP contribution is -2.08. The lowest BCUT2D eigenvalue weighted by atomic mass is 10.3. The fourth-order valence-electron chi connectivity index (χ4n) is 1.88. The Balaban J connectivity index is 1.64. The molecule has 0 spiro atoms. The van der Waals surface area contributed by atoms with Crippen molar-refractivity contribution in [2.45, 2.75) is 17.9 Å². The fraction of sp³-hybridized carbons (Fsp3) is 0.417. The maximum atomic E-state index is 13.1. The standard InChI is InChI=1S/C12H12F2N2O2S/c13-7-5-9-10(6-8(7)14)16-12(15-9)19-4-1-11-17-2-3-18-11/h5-6,11H,1-4H2,(H,15,16). The van der Waals surface area contributed by atoms with Gasteiger partial charge < -0.3 is 14.5 Å². The van der Waals surface area contributed by atoms with E-state index in [9.17, 15) is 8.78 Å². The van der Waals surface area contributed by atoms with Crippen molar-refractivity contribution in [3.8, 4) is 0 Å². The minimum atomic E-state index is -0.886. The molecule has 0 unspecified atom stereocenters. The van der Waals surface area contributed by atoms with Gasteiger partial charge >= 0.3 is 0 Å². The molecule has 1 aliphatic heterocycles. The van der Waals surface area contributed by atoms with E-state index >= 15 is 0 Å². The van der Waals surface area contributed by atoms with Crippen LogP contribution in [0.1, 0.15) is 6.42 Å². The molecule has 0 aliphatic carbocycles. The monoisotopic (exact) mass is 286 g/mol. The van der Waals surface area contributed by atoms with Gasteiger partial charge in [-0.1, -0.05) is 11.8 Å². The molecule has 1 aromatic heterocycles. The van der Waals surface area contributed by atoms with Crippen LogP contribution < -0.4 is 0 Å². The summed E-state index contributed by atoms with van der Waals surface area (Å²) in [6, 6.07) is 2.21. The predicted molar refractivity (Wildman–Crippen MR) is 67.0 cm³/mol. The van der Waals surface area contributed by atoms with E-state index in [0.717, 1.165) is 24.3 Å². The van der Waals surface area contributed by atoms with Gasteiger partial charge in [-0.3, -0.25) is 0 Å². The van der Waals surface area contributed by atoms with Crippen LogP contribution in [0.25, 0.3) is 11.0 Å². The zero-order valence-electron chi connectivity index (χ0n) is 9.99. The van der Waals surface area contributed by atoms with E-state index in [-0.39, 0.29) is 6.29 Å². The lowest BCUT2D eigenvalue weighted by molar-refractivity contribution is -0.0421. The second-order valence-corrected chi connectivity index (χ2v) is 5.22. The molecule has 2 aromatic rings. The second kappa shape index (κ2) is 5.44. The third-order valence-corrected chi connectivity index (χ3v) is 3.69. The molecule has 0 atom stereocenters. The van der Waals surface area contributed by atoms with Gasteiger partial charge in [0, 0.05) is 24.3 Å². The van der Waals surface area contributed by atoms with Gasteiger partial charge in [0.05, 0.1) is 24.2 Å². The summed E-state index contributed by atoms with van der Waals surface area (Å²) in [5.41, 5.74) is 0.921. The van der Waals surface area contributed by atoms with Crippen LogP contribution in [0.3, 0.4) is 0 Å². The van der Waals surface area contributed by atoms with Crippen LogP contribution in [0.4, 0.5) is 8.78 Å². The van der Waals surface area contributed by atoms with Crippen molar-refractivity contribution in [2.24, 2.45) is 0 Å². The zero-order valence-corrected chi connectivity index (χ0v) is 10.8. The Morgan fingerprint density at radius 1 is 1.26 bits per heavy atom. The largest absolute Gasteiger partial charge is 0.350 e. The number of aromatic nitrogens is 2. The number of nitrogens with zero attached hydrogens (tertiary/aromatic N) is 1. The Labute approximate surface area is 112 Å². The molecule has 19 heavy (non-hydrogen) atoms. The maximum absolute atomic E-state index is 13.1. The number of aromatic amines is 1. The molecule has 0 saturated carbocycles. The van der Waals surface area contributed by atoms with Crippen molar-refractivity contribution >= 4 is 22.8 Å². The molecule has 1 N–H and O–H groups in total. The highest BCUT2D eigenvalue weighted by Gasteiger charge is 2.16. The quantitative estimate of drug-likeness (QED) is 0.878. The molecule has 102 valence electrons. The average Bonchev–Trinajstić information content (AvgIpc) is 2.99. The van der Waals surface area contributed by atoms with Crippen LogP contribution in [-0.4, -0.2) is 35.2 Å². The average molecular weight is 286 g/mol. The van der Waals surface area contributed by atoms with E-state index in [1.165, 1.54) is 11.8 Å². The van der Waals surface area contributed by atoms with E-state index in [0.29, 0.717) is 29.4 Å². The SMILES string of the molecule is Fc1cc2nc(SCCC3OCCO3)[nH]c2cc1F. The van der Waals surface area contributed by atoms with Gasteiger partial charge in [0.15, 0.2) is 23.1 Å². The first kappa shape index (κ1) is 12.8. The molecule has 1 aromatic carbocycles. The van der Waals surface area contributed by atoms with E-state index in [1.54, 1.807) is 0 Å². The van der Waals surface area contributed by atoms with Crippen molar-refractivity contribution in [1.29, 1.82) is 0 Å². The number of ether oxygens (including phenoxy) is 2. The zero-order chi connectivity index (χ0) is 13.2. The van der Waals surface area contributed by atoms with Crippen LogP contribution in [0, 0.1) is 11.6 Å². The first-order valence-electron chi connectivity index (χ1n) is 5.93. The van der Waals surface area contributed by atoms with E-state index in [4.69, 9.17) is 9.47 Å². The summed E-state index contributed by atoms with van der Waals surface area (Å²) in [7, 11) is 0. The summed E-state index contributed by atoms with van der Waals surface area (Å²) in [4.78, 5) is 7.15. The Kier molecular flexibility index (Phi) is 3.67. The Morgan fingerprint density at radius 3 is 2.79 bits per heavy atom. The number of halogens is 2. The number of rotatable bonds is 4. The smallest absolute Gasteiger partial charge is 0.166 e. The summed E-state index contributed by atoms with van der Waals surface area (Å²) in [6.45, 7) is 1.27. The molecule has 0 radical (unpaired) electrons. The summed E-state index contributed by atoms with van der Waals surface area (Å²) in [6.07, 6.45) is 0.608. The number of hydrogen-bond acceptors (Lipinski definition) is 4. The van der Waals surface area contributed by atoms with Gasteiger partial charge in [-0.05, 0) is 0 Å². The number of thioether (sulfide) groups is 1. The molecule has 1 aliphatic rings. The predicted octanol–water partition coefficient (Wildman–Crippen LogP) is 2.70. The minimum absolute atomic E-state index is 0.147. The molecule has 0 amide bonds. The van der Waals surface area contributed by atoms with Crippen molar-refractivity contribution < 1.29 is 18.3 Å². The van der Waals surface area contributed by atoms with Gasteiger partial charge in [-0.15, -0.1) is 0 Å². The van der Waals surface area contributed by atoms with Crippen molar-refractivity contribution in [1.82, 2.24) is 9.97 Å². The molecule has 0 bridgehead atoms. The Morgan fingerprint density at radius 2 is 2.00 bits per heavy atom. The molecular formula is C12H12F2N2O2S. The Bertz CT molecular complexity index is 545. The van der Waals surface area contributed by atoms with Gasteiger partial charge in [0.25, 0.3) is 0 Å². The fourth-order valence-corrected chi connectivity index (χ4v) is 2.72. The third-order valence-electron chi connectivity index (χ3n) is 2.79. The number of imidazole rings is 1. The van der Waals surface area contributed by atoms with Crippen molar-refractivity contribution in [3.05, 3.63) is 23.8 Å². The number of nitrogens with one attached hydrogen (secondary N) is 1. The third kappa shape index (κ3) is 2.88. The normalized spacial score (nSPS) is 16.5. The number of benzene rings is 1. The summed E-state index contributed by atoms with van der Waals surface area (Å²) < 4.78 is 36.7. The van der Waals surface area contributed by atoms with Crippen LogP contribution in [0.2, 0.25) is 0 Å². The molecule has 2 heterocycles. The highest BCUT2D eigenvalue weighted by Crippen LogP contribution is 2.23. The second-order valence-electron chi connectivity index (χ2n) is 4.13. The molecular weight excluding hydrogens is 274 g/mol. The van der Waals surface area contributed by atoms with Crippen molar-refractivity contribution in [3.63, 3.8) is 0 Å². The highest BCUT2D eigenvalue weighted by atomic mass is 32.2. The van der Waals surface area contributed by atoms with Gasteiger partial charge in [0.2, 0.25) is 0 Å². The van der Waals surface area contributed by atoms with E-state index < -0.39 is 11.6 Å². The molecule has 1 saturated heterocycles. The Hall–Kier alpha value is -1.18. The summed E-state index contributed by atoms with van der Waals surface area (Å²) in [5, 5.41) is 0.637. The first-order valence-corrected chi connectivity index (χ1v) is 6.92.